The van der Waals surface area contributed by atoms with E-state index in [0.717, 1.165) is 16.6 Å². The molecule has 1 unspecified atom stereocenters. The molecule has 21 heavy (non-hydrogen) atoms. The van der Waals surface area contributed by atoms with Crippen molar-refractivity contribution in [2.24, 2.45) is 0 Å². The molecule has 3 heteroatoms. The standard InChI is InChI=1S/C18H21BrO2/c1-17(2)11-16(18(3,4)21-17)20-15-8-6-12-9-14(19)7-5-13(12)10-15/h5-10,16H,11H2,1-4H3. The van der Waals surface area contributed by atoms with E-state index >= 15 is 0 Å². The summed E-state index contributed by atoms with van der Waals surface area (Å²) in [6, 6.07) is 12.5. The second-order valence-electron chi connectivity index (χ2n) is 6.93. The van der Waals surface area contributed by atoms with E-state index in [2.05, 4.69) is 74.0 Å². The number of ether oxygens (including phenoxy) is 2. The Morgan fingerprint density at radius 3 is 2.38 bits per heavy atom. The van der Waals surface area contributed by atoms with Crippen molar-refractivity contribution < 1.29 is 9.47 Å². The fraction of sp³-hybridized carbons (Fsp3) is 0.444. The molecule has 1 atom stereocenters. The van der Waals surface area contributed by atoms with Crippen LogP contribution in [0.3, 0.4) is 0 Å². The Bertz CT molecular complexity index is 676. The topological polar surface area (TPSA) is 18.5 Å². The molecule has 2 aromatic carbocycles. The maximum absolute atomic E-state index is 6.23. The fourth-order valence-electron chi connectivity index (χ4n) is 3.13. The highest BCUT2D eigenvalue weighted by Crippen LogP contribution is 2.39. The Morgan fingerprint density at radius 2 is 1.71 bits per heavy atom. The van der Waals surface area contributed by atoms with Gasteiger partial charge in [-0.1, -0.05) is 28.1 Å². The van der Waals surface area contributed by atoms with Crippen molar-refractivity contribution in [1.29, 1.82) is 0 Å². The zero-order valence-corrected chi connectivity index (χ0v) is 14.5. The number of benzene rings is 2. The van der Waals surface area contributed by atoms with E-state index in [0.29, 0.717) is 0 Å². The molecule has 1 saturated heterocycles. The van der Waals surface area contributed by atoms with E-state index in [4.69, 9.17) is 9.47 Å². The molecule has 2 nitrogen and oxygen atoms in total. The molecule has 0 aromatic heterocycles. The molecule has 0 aliphatic carbocycles. The molecule has 1 heterocycles. The summed E-state index contributed by atoms with van der Waals surface area (Å²) < 4.78 is 13.4. The maximum atomic E-state index is 6.23. The van der Waals surface area contributed by atoms with Gasteiger partial charge in [0.1, 0.15) is 17.5 Å². The smallest absolute Gasteiger partial charge is 0.130 e. The summed E-state index contributed by atoms with van der Waals surface area (Å²) >= 11 is 3.50. The van der Waals surface area contributed by atoms with Crippen molar-refractivity contribution in [1.82, 2.24) is 0 Å². The lowest BCUT2D eigenvalue weighted by Crippen LogP contribution is -2.36. The molecule has 1 aliphatic heterocycles. The molecule has 1 aliphatic rings. The van der Waals surface area contributed by atoms with Crippen LogP contribution in [-0.4, -0.2) is 17.3 Å². The van der Waals surface area contributed by atoms with Gasteiger partial charge in [-0.2, -0.15) is 0 Å². The van der Waals surface area contributed by atoms with Crippen molar-refractivity contribution in [3.05, 3.63) is 40.9 Å². The van der Waals surface area contributed by atoms with Crippen molar-refractivity contribution in [3.63, 3.8) is 0 Å². The Labute approximate surface area is 134 Å². The Kier molecular flexibility index (Phi) is 3.53. The number of hydrogen-bond acceptors (Lipinski definition) is 2. The van der Waals surface area contributed by atoms with Crippen LogP contribution in [0.2, 0.25) is 0 Å². The Morgan fingerprint density at radius 1 is 1.05 bits per heavy atom. The molecule has 0 saturated carbocycles. The second-order valence-corrected chi connectivity index (χ2v) is 7.84. The van der Waals surface area contributed by atoms with Gasteiger partial charge in [0, 0.05) is 10.9 Å². The highest BCUT2D eigenvalue weighted by atomic mass is 79.9. The highest BCUT2D eigenvalue weighted by Gasteiger charge is 2.47. The molecule has 112 valence electrons. The van der Waals surface area contributed by atoms with E-state index in [1.807, 2.05) is 6.07 Å². The van der Waals surface area contributed by atoms with E-state index < -0.39 is 0 Å². The van der Waals surface area contributed by atoms with Crippen LogP contribution in [0.15, 0.2) is 40.9 Å². The molecule has 0 spiro atoms. The normalized spacial score (nSPS) is 23.4. The number of fused-ring (bicyclic) bond motifs is 1. The third kappa shape index (κ3) is 3.09. The van der Waals surface area contributed by atoms with Crippen LogP contribution >= 0.6 is 15.9 Å². The van der Waals surface area contributed by atoms with Gasteiger partial charge in [-0.15, -0.1) is 0 Å². The van der Waals surface area contributed by atoms with E-state index in [-0.39, 0.29) is 17.3 Å². The van der Waals surface area contributed by atoms with Crippen LogP contribution in [0, 0.1) is 0 Å². The summed E-state index contributed by atoms with van der Waals surface area (Å²) in [5, 5.41) is 2.39. The van der Waals surface area contributed by atoms with Crippen LogP contribution in [0.25, 0.3) is 10.8 Å². The lowest BCUT2D eigenvalue weighted by atomic mass is 9.97. The first kappa shape index (κ1) is 14.9. The molecule has 0 bridgehead atoms. The van der Waals surface area contributed by atoms with E-state index in [1.165, 1.54) is 10.8 Å². The van der Waals surface area contributed by atoms with Crippen LogP contribution in [0.1, 0.15) is 34.1 Å². The Hall–Kier alpha value is -1.06. The quantitative estimate of drug-likeness (QED) is 0.730. The monoisotopic (exact) mass is 348 g/mol. The summed E-state index contributed by atoms with van der Waals surface area (Å²) in [5.41, 5.74) is -0.395. The summed E-state index contributed by atoms with van der Waals surface area (Å²) in [6.07, 6.45) is 0.971. The molecule has 1 fully saturated rings. The predicted molar refractivity (Wildman–Crippen MR) is 89.9 cm³/mol. The predicted octanol–water partition coefficient (Wildman–Crippen LogP) is 5.33. The average molecular weight is 349 g/mol. The lowest BCUT2D eigenvalue weighted by molar-refractivity contribution is -0.0845. The average Bonchev–Trinajstić information content (AvgIpc) is 2.57. The number of rotatable bonds is 2. The zero-order chi connectivity index (χ0) is 15.3. The van der Waals surface area contributed by atoms with Gasteiger partial charge >= 0.3 is 0 Å². The van der Waals surface area contributed by atoms with Crippen LogP contribution in [0.4, 0.5) is 0 Å². The van der Waals surface area contributed by atoms with Crippen LogP contribution < -0.4 is 4.74 Å². The molecule has 0 amide bonds. The third-order valence-corrected chi connectivity index (χ3v) is 4.54. The van der Waals surface area contributed by atoms with Crippen molar-refractivity contribution >= 4 is 26.7 Å². The first-order chi connectivity index (χ1) is 9.75. The largest absolute Gasteiger partial charge is 0.487 e. The minimum absolute atomic E-state index is 0.0698. The molecule has 0 N–H and O–H groups in total. The summed E-state index contributed by atoms with van der Waals surface area (Å²) in [4.78, 5) is 0. The van der Waals surface area contributed by atoms with Gasteiger partial charge in [-0.3, -0.25) is 0 Å². The second kappa shape index (κ2) is 4.99. The third-order valence-electron chi connectivity index (χ3n) is 4.04. The Balaban J connectivity index is 1.87. The van der Waals surface area contributed by atoms with Gasteiger partial charge in [0.25, 0.3) is 0 Å². The van der Waals surface area contributed by atoms with Crippen LogP contribution in [0.5, 0.6) is 5.75 Å². The molecular formula is C18H21BrO2. The van der Waals surface area contributed by atoms with Gasteiger partial charge < -0.3 is 9.47 Å². The maximum Gasteiger partial charge on any atom is 0.130 e. The zero-order valence-electron chi connectivity index (χ0n) is 12.9. The first-order valence-electron chi connectivity index (χ1n) is 7.31. The van der Waals surface area contributed by atoms with Crippen molar-refractivity contribution in [3.8, 4) is 5.75 Å². The van der Waals surface area contributed by atoms with Gasteiger partial charge in [0.15, 0.2) is 0 Å². The first-order valence-corrected chi connectivity index (χ1v) is 8.11. The van der Waals surface area contributed by atoms with Crippen molar-refractivity contribution in [2.75, 3.05) is 0 Å². The molecular weight excluding hydrogens is 328 g/mol. The molecule has 3 rings (SSSR count). The van der Waals surface area contributed by atoms with E-state index in [1.54, 1.807) is 0 Å². The number of hydrogen-bond donors (Lipinski definition) is 0. The lowest BCUT2D eigenvalue weighted by Gasteiger charge is -2.27. The minimum Gasteiger partial charge on any atom is -0.487 e. The van der Waals surface area contributed by atoms with E-state index in [9.17, 15) is 0 Å². The minimum atomic E-state index is -0.266. The van der Waals surface area contributed by atoms with Gasteiger partial charge in [-0.05, 0) is 62.7 Å². The molecule has 2 aromatic rings. The molecule has 0 radical (unpaired) electrons. The summed E-state index contributed by atoms with van der Waals surface area (Å²) in [5.74, 6) is 0.907. The SMILES string of the molecule is CC1(C)CC(Oc2ccc3cc(Br)ccc3c2)C(C)(C)O1. The summed E-state index contributed by atoms with van der Waals surface area (Å²) in [6.45, 7) is 8.45. The number of halogens is 1. The van der Waals surface area contributed by atoms with Crippen molar-refractivity contribution in [2.45, 2.75) is 51.4 Å². The fourth-order valence-corrected chi connectivity index (χ4v) is 3.51. The highest BCUT2D eigenvalue weighted by molar-refractivity contribution is 9.10. The van der Waals surface area contributed by atoms with Crippen LogP contribution in [-0.2, 0) is 4.74 Å². The summed E-state index contributed by atoms with van der Waals surface area (Å²) in [7, 11) is 0. The van der Waals surface area contributed by atoms with Gasteiger partial charge in [0.05, 0.1) is 5.60 Å². The van der Waals surface area contributed by atoms with Gasteiger partial charge in [0.2, 0.25) is 0 Å². The van der Waals surface area contributed by atoms with Gasteiger partial charge in [-0.25, -0.2) is 0 Å².